The third-order valence-electron chi connectivity index (χ3n) is 2.58. The molecule has 18 heavy (non-hydrogen) atoms. The van der Waals surface area contributed by atoms with E-state index in [2.05, 4.69) is 6.58 Å². The van der Waals surface area contributed by atoms with E-state index in [0.717, 1.165) is 16.9 Å². The lowest BCUT2D eigenvalue weighted by molar-refractivity contribution is -0.137. The number of carboxylic acid groups (broad SMARTS) is 1. The molecule has 1 N–H and O–H groups in total. The number of nitrogens with zero attached hydrogens (tertiary/aromatic N) is 1. The maximum Gasteiger partial charge on any atom is 0.323 e. The second-order valence-electron chi connectivity index (χ2n) is 3.91. The van der Waals surface area contributed by atoms with Gasteiger partial charge < -0.3 is 10.0 Å². The van der Waals surface area contributed by atoms with Crippen molar-refractivity contribution in [2.24, 2.45) is 0 Å². The fourth-order valence-electron chi connectivity index (χ4n) is 1.67. The van der Waals surface area contributed by atoms with Crippen LogP contribution in [-0.4, -0.2) is 35.0 Å². The minimum Gasteiger partial charge on any atom is -0.480 e. The minimum atomic E-state index is -1.02. The minimum absolute atomic E-state index is 0.240. The molecule has 0 aliphatic carbocycles. The Labute approximate surface area is 111 Å². The normalized spacial score (nSPS) is 10.1. The van der Waals surface area contributed by atoms with Crippen molar-refractivity contribution >= 4 is 23.2 Å². The zero-order valence-electron chi connectivity index (χ0n) is 10.6. The molecule has 0 radical (unpaired) electrons. The van der Waals surface area contributed by atoms with Crippen LogP contribution < -0.4 is 0 Å². The van der Waals surface area contributed by atoms with Gasteiger partial charge in [-0.15, -0.1) is 17.9 Å². The Balaban J connectivity index is 2.93. The van der Waals surface area contributed by atoms with E-state index in [1.807, 2.05) is 19.9 Å². The van der Waals surface area contributed by atoms with Gasteiger partial charge in [0.15, 0.2) is 0 Å². The maximum atomic E-state index is 12.2. The van der Waals surface area contributed by atoms with Gasteiger partial charge in [-0.3, -0.25) is 9.59 Å². The number of hydrogen-bond acceptors (Lipinski definition) is 3. The molecule has 1 aromatic rings. The van der Waals surface area contributed by atoms with E-state index >= 15 is 0 Å². The molecule has 0 aliphatic heterocycles. The van der Waals surface area contributed by atoms with Crippen LogP contribution in [0.1, 0.15) is 27.0 Å². The number of carbonyl (C=O) groups excluding carboxylic acids is 1. The van der Waals surface area contributed by atoms with Crippen LogP contribution in [0.15, 0.2) is 18.7 Å². The van der Waals surface area contributed by atoms with Crippen LogP contribution >= 0.6 is 11.3 Å². The molecule has 4 nitrogen and oxygen atoms in total. The molecule has 5 heteroatoms. The summed E-state index contributed by atoms with van der Waals surface area (Å²) in [7, 11) is 0. The van der Waals surface area contributed by atoms with Gasteiger partial charge in [-0.2, -0.15) is 0 Å². The summed E-state index contributed by atoms with van der Waals surface area (Å²) in [5.41, 5.74) is 1.14. The lowest BCUT2D eigenvalue weighted by Crippen LogP contribution is -2.35. The number of carbonyl (C=O) groups is 2. The maximum absolute atomic E-state index is 12.2. The summed E-state index contributed by atoms with van der Waals surface area (Å²) in [5, 5.41) is 8.79. The molecule has 1 aromatic heterocycles. The first-order valence-electron chi connectivity index (χ1n) is 5.70. The quantitative estimate of drug-likeness (QED) is 0.805. The van der Waals surface area contributed by atoms with Gasteiger partial charge in [-0.05, 0) is 25.0 Å². The predicted molar refractivity (Wildman–Crippen MR) is 72.2 cm³/mol. The molecule has 0 bridgehead atoms. The van der Waals surface area contributed by atoms with Gasteiger partial charge in [0.05, 0.1) is 4.88 Å². The monoisotopic (exact) mass is 267 g/mol. The Morgan fingerprint density at radius 2 is 2.22 bits per heavy atom. The molecule has 1 heterocycles. The molecule has 0 aliphatic rings. The molecule has 0 aromatic carbocycles. The number of amides is 1. The van der Waals surface area contributed by atoms with E-state index in [1.54, 1.807) is 0 Å². The first-order valence-corrected chi connectivity index (χ1v) is 6.52. The molecule has 0 fully saturated rings. The number of thiophene rings is 1. The van der Waals surface area contributed by atoms with E-state index < -0.39 is 5.97 Å². The average molecular weight is 267 g/mol. The van der Waals surface area contributed by atoms with E-state index in [9.17, 15) is 9.59 Å². The van der Waals surface area contributed by atoms with Crippen LogP contribution in [-0.2, 0) is 11.2 Å². The summed E-state index contributed by atoms with van der Waals surface area (Å²) >= 11 is 1.41. The van der Waals surface area contributed by atoms with Gasteiger partial charge in [-0.1, -0.05) is 13.0 Å². The molecule has 0 atom stereocenters. The van der Waals surface area contributed by atoms with Gasteiger partial charge in [0, 0.05) is 11.4 Å². The Kier molecular flexibility index (Phi) is 5.09. The third-order valence-corrected chi connectivity index (χ3v) is 3.66. The van der Waals surface area contributed by atoms with Crippen LogP contribution in [0.25, 0.3) is 0 Å². The van der Waals surface area contributed by atoms with Gasteiger partial charge in [0.25, 0.3) is 5.91 Å². The predicted octanol–water partition coefficient (Wildman–Crippen LogP) is 2.33. The zero-order chi connectivity index (χ0) is 13.7. The molecule has 0 saturated carbocycles. The number of hydrogen-bond donors (Lipinski definition) is 1. The number of aryl methyl sites for hydroxylation is 2. The highest BCUT2D eigenvalue weighted by Crippen LogP contribution is 2.23. The summed E-state index contributed by atoms with van der Waals surface area (Å²) < 4.78 is 0. The molecule has 1 rings (SSSR count). The second kappa shape index (κ2) is 6.35. The topological polar surface area (TPSA) is 57.6 Å². The van der Waals surface area contributed by atoms with Crippen LogP contribution in [0.4, 0.5) is 0 Å². The Morgan fingerprint density at radius 1 is 1.56 bits per heavy atom. The van der Waals surface area contributed by atoms with Crippen molar-refractivity contribution in [2.45, 2.75) is 20.3 Å². The van der Waals surface area contributed by atoms with Crippen LogP contribution in [0, 0.1) is 6.92 Å². The first-order chi connectivity index (χ1) is 8.49. The molecular formula is C13H17NO3S. The SMILES string of the molecule is C=CCN(CC(=O)O)C(=O)c1cc(CC)c(C)s1. The second-order valence-corrected chi connectivity index (χ2v) is 5.17. The molecule has 0 saturated heterocycles. The molecule has 1 amide bonds. The summed E-state index contributed by atoms with van der Waals surface area (Å²) in [6.45, 7) is 7.47. The largest absolute Gasteiger partial charge is 0.480 e. The van der Waals surface area contributed by atoms with E-state index in [1.165, 1.54) is 22.3 Å². The molecule has 0 spiro atoms. The highest BCUT2D eigenvalue weighted by molar-refractivity contribution is 7.14. The lowest BCUT2D eigenvalue weighted by Gasteiger charge is -2.17. The van der Waals surface area contributed by atoms with Crippen LogP contribution in [0.2, 0.25) is 0 Å². The fourth-order valence-corrected chi connectivity index (χ4v) is 2.75. The van der Waals surface area contributed by atoms with Crippen molar-refractivity contribution in [1.82, 2.24) is 4.90 Å². The Hall–Kier alpha value is -1.62. The smallest absolute Gasteiger partial charge is 0.323 e. The number of rotatable bonds is 6. The highest BCUT2D eigenvalue weighted by atomic mass is 32.1. The van der Waals surface area contributed by atoms with Crippen molar-refractivity contribution in [3.63, 3.8) is 0 Å². The van der Waals surface area contributed by atoms with Crippen molar-refractivity contribution < 1.29 is 14.7 Å². The van der Waals surface area contributed by atoms with E-state index in [-0.39, 0.29) is 19.0 Å². The van der Waals surface area contributed by atoms with Crippen molar-refractivity contribution in [3.8, 4) is 0 Å². The summed E-state index contributed by atoms with van der Waals surface area (Å²) in [5.74, 6) is -1.26. The summed E-state index contributed by atoms with van der Waals surface area (Å²) in [4.78, 5) is 25.9. The zero-order valence-corrected chi connectivity index (χ0v) is 11.4. The molecule has 0 unspecified atom stereocenters. The van der Waals surface area contributed by atoms with Gasteiger partial charge in [0.2, 0.25) is 0 Å². The number of carboxylic acids is 1. The summed E-state index contributed by atoms with van der Waals surface area (Å²) in [6.07, 6.45) is 2.40. The lowest BCUT2D eigenvalue weighted by atomic mass is 10.2. The molecular weight excluding hydrogens is 250 g/mol. The van der Waals surface area contributed by atoms with Crippen molar-refractivity contribution in [2.75, 3.05) is 13.1 Å². The van der Waals surface area contributed by atoms with Crippen molar-refractivity contribution in [1.29, 1.82) is 0 Å². The van der Waals surface area contributed by atoms with Crippen LogP contribution in [0.5, 0.6) is 0 Å². The van der Waals surface area contributed by atoms with Crippen LogP contribution in [0.3, 0.4) is 0 Å². The third kappa shape index (κ3) is 3.43. The average Bonchev–Trinajstić information content (AvgIpc) is 2.68. The Bertz CT molecular complexity index is 465. The first kappa shape index (κ1) is 14.4. The number of aliphatic carboxylic acids is 1. The van der Waals surface area contributed by atoms with Gasteiger partial charge in [-0.25, -0.2) is 0 Å². The van der Waals surface area contributed by atoms with Gasteiger partial charge >= 0.3 is 5.97 Å². The van der Waals surface area contributed by atoms with Gasteiger partial charge in [0.1, 0.15) is 6.54 Å². The molecule has 98 valence electrons. The standard InChI is InChI=1S/C13H17NO3S/c1-4-6-14(8-12(15)16)13(17)11-7-10(5-2)9(3)18-11/h4,7H,1,5-6,8H2,2-3H3,(H,15,16). The summed E-state index contributed by atoms with van der Waals surface area (Å²) in [6, 6.07) is 1.85. The van der Waals surface area contributed by atoms with E-state index in [4.69, 9.17) is 5.11 Å². The van der Waals surface area contributed by atoms with Crippen molar-refractivity contribution in [3.05, 3.63) is 34.0 Å². The highest BCUT2D eigenvalue weighted by Gasteiger charge is 2.19. The van der Waals surface area contributed by atoms with E-state index in [0.29, 0.717) is 4.88 Å². The Morgan fingerprint density at radius 3 is 2.67 bits per heavy atom. The fraction of sp³-hybridized carbons (Fsp3) is 0.385.